The summed E-state index contributed by atoms with van der Waals surface area (Å²) < 4.78 is 21.1. The number of hydrogen-bond acceptors (Lipinski definition) is 5. The Morgan fingerprint density at radius 2 is 2.23 bits per heavy atom. The van der Waals surface area contributed by atoms with Crippen molar-refractivity contribution in [2.75, 3.05) is 0 Å². The molecule has 0 N–H and O–H groups in total. The van der Waals surface area contributed by atoms with E-state index in [0.717, 1.165) is 16.9 Å². The average molecular weight is 221 g/mol. The van der Waals surface area contributed by atoms with Crippen LogP contribution in [-0.4, -0.2) is 13.3 Å². The third kappa shape index (κ3) is 2.25. The molecule has 0 fully saturated rings. The molecule has 0 radical (unpaired) electrons. The predicted octanol–water partition coefficient (Wildman–Crippen LogP) is 0.943. The second-order valence-corrected chi connectivity index (χ2v) is 4.47. The van der Waals surface area contributed by atoms with Crippen LogP contribution in [0.1, 0.15) is 15.8 Å². The summed E-state index contributed by atoms with van der Waals surface area (Å²) in [5.74, 6) is 0. The van der Waals surface area contributed by atoms with Gasteiger partial charge in [-0.3, -0.25) is 10.1 Å². The third-order valence-electron chi connectivity index (χ3n) is 1.40. The largest absolute Gasteiger partial charge is 0.341 e. The van der Waals surface area contributed by atoms with Crippen molar-refractivity contribution >= 4 is 22.0 Å². The lowest BCUT2D eigenvalue weighted by molar-refractivity contribution is -0.501. The van der Waals surface area contributed by atoms with Crippen LogP contribution >= 0.6 is 11.3 Å². The number of thiol groups is 1. The van der Waals surface area contributed by atoms with Crippen LogP contribution in [0.2, 0.25) is 0 Å². The van der Waals surface area contributed by atoms with Crippen molar-refractivity contribution in [3.8, 4) is 0 Å². The highest BCUT2D eigenvalue weighted by molar-refractivity contribution is 7.72. The topological polar surface area (TPSA) is 77.3 Å². The Hall–Kier alpha value is -0.950. The predicted molar refractivity (Wildman–Crippen MR) is 49.1 cm³/mol. The van der Waals surface area contributed by atoms with Crippen molar-refractivity contribution in [1.29, 1.82) is 0 Å². The van der Waals surface area contributed by atoms with Crippen LogP contribution in [-0.2, 0) is 10.7 Å². The number of thiophene rings is 1. The van der Waals surface area contributed by atoms with Gasteiger partial charge >= 0.3 is 5.37 Å². The zero-order chi connectivity index (χ0) is 10.0. The molecule has 0 saturated carbocycles. The van der Waals surface area contributed by atoms with E-state index < -0.39 is 21.0 Å². The van der Waals surface area contributed by atoms with Crippen LogP contribution < -0.4 is 0 Å². The summed E-state index contributed by atoms with van der Waals surface area (Å²) in [6, 6.07) is 1.52. The van der Waals surface area contributed by atoms with Crippen molar-refractivity contribution < 1.29 is 13.3 Å². The summed E-state index contributed by atoms with van der Waals surface area (Å²) in [6.07, 6.45) is 0. The Morgan fingerprint density at radius 3 is 2.54 bits per heavy atom. The first-order valence-electron chi connectivity index (χ1n) is 3.34. The van der Waals surface area contributed by atoms with Gasteiger partial charge < -0.3 is 0 Å². The van der Waals surface area contributed by atoms with E-state index in [9.17, 15) is 18.5 Å². The van der Waals surface area contributed by atoms with Crippen LogP contribution in [0.4, 0.5) is 0 Å². The fraction of sp³-hybridized carbons (Fsp3) is 0.333. The Kier molecular flexibility index (Phi) is 2.99. The van der Waals surface area contributed by atoms with Gasteiger partial charge in [0.05, 0.1) is 4.88 Å². The molecule has 0 aromatic carbocycles. The minimum Gasteiger partial charge on any atom is -0.263 e. The maximum Gasteiger partial charge on any atom is 0.341 e. The molecule has 0 aliphatic carbocycles. The summed E-state index contributed by atoms with van der Waals surface area (Å²) >= 11 is 1.09. The second-order valence-electron chi connectivity index (χ2n) is 2.47. The van der Waals surface area contributed by atoms with Crippen LogP contribution in [0.15, 0.2) is 11.4 Å². The van der Waals surface area contributed by atoms with Gasteiger partial charge in [0, 0.05) is 4.92 Å². The maximum atomic E-state index is 10.6. The molecule has 7 heteroatoms. The molecule has 0 aliphatic heterocycles. The van der Waals surface area contributed by atoms with Crippen LogP contribution in [0.3, 0.4) is 0 Å². The maximum absolute atomic E-state index is 10.6. The minimum atomic E-state index is -3.05. The molecule has 1 aromatic heterocycles. The van der Waals surface area contributed by atoms with E-state index in [1.807, 2.05) is 0 Å². The third-order valence-corrected chi connectivity index (χ3v) is 3.55. The Labute approximate surface area is 80.1 Å². The summed E-state index contributed by atoms with van der Waals surface area (Å²) in [5.41, 5.74) is 0.837. The van der Waals surface area contributed by atoms with Gasteiger partial charge in [-0.1, -0.05) is 0 Å². The monoisotopic (exact) mass is 221 g/mol. The van der Waals surface area contributed by atoms with Crippen molar-refractivity contribution in [3.05, 3.63) is 32.0 Å². The van der Waals surface area contributed by atoms with E-state index in [4.69, 9.17) is 0 Å². The number of nitro groups is 1. The Bertz CT molecular complexity index is 387. The number of nitrogens with zero attached hydrogens (tertiary/aromatic N) is 1. The standard InChI is InChI=1S/C6H7NO4S2/c1-4-2-5(12-3-4)6(7(8)9)13(10)11/h2-3,6,13H,1H3. The molecule has 0 amide bonds. The quantitative estimate of drug-likeness (QED) is 0.468. The van der Waals surface area contributed by atoms with Gasteiger partial charge in [0.1, 0.15) is 0 Å². The van der Waals surface area contributed by atoms with Gasteiger partial charge in [0.25, 0.3) is 0 Å². The first-order valence-corrected chi connectivity index (χ1v) is 5.47. The van der Waals surface area contributed by atoms with Crippen molar-refractivity contribution in [3.63, 3.8) is 0 Å². The zero-order valence-electron chi connectivity index (χ0n) is 6.67. The molecule has 0 spiro atoms. The molecule has 5 nitrogen and oxygen atoms in total. The molecule has 0 bridgehead atoms. The molecule has 1 heterocycles. The van der Waals surface area contributed by atoms with Gasteiger partial charge in [-0.15, -0.1) is 11.3 Å². The number of aryl methyl sites for hydroxylation is 1. The minimum absolute atomic E-state index is 0.263. The van der Waals surface area contributed by atoms with Crippen LogP contribution in [0.5, 0.6) is 0 Å². The molecule has 0 aliphatic rings. The van der Waals surface area contributed by atoms with Crippen molar-refractivity contribution in [1.82, 2.24) is 0 Å². The van der Waals surface area contributed by atoms with Gasteiger partial charge in [0.15, 0.2) is 0 Å². The second kappa shape index (κ2) is 3.84. The molecular weight excluding hydrogens is 214 g/mol. The molecule has 72 valence electrons. The van der Waals surface area contributed by atoms with E-state index >= 15 is 0 Å². The van der Waals surface area contributed by atoms with Crippen LogP contribution in [0, 0.1) is 17.0 Å². The Morgan fingerprint density at radius 1 is 1.62 bits per heavy atom. The molecule has 1 aromatic rings. The van der Waals surface area contributed by atoms with Crippen LogP contribution in [0.25, 0.3) is 0 Å². The summed E-state index contributed by atoms with van der Waals surface area (Å²) in [7, 11) is -3.05. The zero-order valence-corrected chi connectivity index (χ0v) is 8.38. The lowest BCUT2D eigenvalue weighted by atomic mass is 10.3. The van der Waals surface area contributed by atoms with E-state index in [-0.39, 0.29) is 4.88 Å². The smallest absolute Gasteiger partial charge is 0.263 e. The van der Waals surface area contributed by atoms with E-state index in [0.29, 0.717) is 0 Å². The summed E-state index contributed by atoms with van der Waals surface area (Å²) in [4.78, 5) is 9.85. The highest BCUT2D eigenvalue weighted by Crippen LogP contribution is 2.24. The SMILES string of the molecule is Cc1csc(C([N+](=O)[O-])[SH](=O)=O)c1. The van der Waals surface area contributed by atoms with E-state index in [1.54, 1.807) is 12.3 Å². The first-order chi connectivity index (χ1) is 6.02. The highest BCUT2D eigenvalue weighted by atomic mass is 32.2. The molecular formula is C6H7NO4S2. The van der Waals surface area contributed by atoms with Gasteiger partial charge in [0.2, 0.25) is 10.7 Å². The van der Waals surface area contributed by atoms with Gasteiger partial charge in [-0.25, -0.2) is 8.42 Å². The lowest BCUT2D eigenvalue weighted by Gasteiger charge is -1.97. The van der Waals surface area contributed by atoms with Crippen molar-refractivity contribution in [2.24, 2.45) is 0 Å². The first kappa shape index (κ1) is 10.1. The number of rotatable bonds is 3. The highest BCUT2D eigenvalue weighted by Gasteiger charge is 2.27. The normalized spacial score (nSPS) is 13.1. The van der Waals surface area contributed by atoms with Gasteiger partial charge in [-0.05, 0) is 23.9 Å². The molecule has 1 unspecified atom stereocenters. The summed E-state index contributed by atoms with van der Waals surface area (Å²) in [6.45, 7) is 1.76. The Balaban J connectivity index is 3.09. The fourth-order valence-electron chi connectivity index (χ4n) is 0.874. The molecule has 1 rings (SSSR count). The molecule has 0 saturated heterocycles. The van der Waals surface area contributed by atoms with E-state index in [2.05, 4.69) is 0 Å². The molecule has 1 atom stereocenters. The molecule has 13 heavy (non-hydrogen) atoms. The summed E-state index contributed by atoms with van der Waals surface area (Å²) in [5, 5.41) is 10.5. The van der Waals surface area contributed by atoms with Gasteiger partial charge in [-0.2, -0.15) is 0 Å². The fourth-order valence-corrected chi connectivity index (χ4v) is 2.60. The lowest BCUT2D eigenvalue weighted by Crippen LogP contribution is -2.10. The van der Waals surface area contributed by atoms with E-state index in [1.165, 1.54) is 6.07 Å². The number of hydrogen-bond donors (Lipinski definition) is 1. The van der Waals surface area contributed by atoms with Crippen molar-refractivity contribution in [2.45, 2.75) is 12.3 Å². The average Bonchev–Trinajstić information content (AvgIpc) is 2.34.